The summed E-state index contributed by atoms with van der Waals surface area (Å²) in [7, 11) is 2.15. The number of rotatable bonds is 7. The standard InChI is InChI=1S/C23H35N3O3/c1-18-5-3-4-6-19(18)7-9-22(27)26-12-11-21(20(17-26)8-10-23(28)29)25-15-13-24(2)14-16-25/h3-6,20-21H,7-17H2,1-2H3,(H,28,29)/t20-,21+/m1/s1. The van der Waals surface area contributed by atoms with Gasteiger partial charge in [-0.15, -0.1) is 0 Å². The summed E-state index contributed by atoms with van der Waals surface area (Å²) >= 11 is 0. The van der Waals surface area contributed by atoms with Crippen molar-refractivity contribution < 1.29 is 14.7 Å². The van der Waals surface area contributed by atoms with Gasteiger partial charge in [0.05, 0.1) is 0 Å². The molecule has 0 aliphatic carbocycles. The van der Waals surface area contributed by atoms with Gasteiger partial charge in [-0.2, -0.15) is 0 Å². The SMILES string of the molecule is Cc1ccccc1CCC(=O)N1CC[C@H](N2CCN(C)CC2)[C@H](CCC(=O)O)C1. The average molecular weight is 402 g/mol. The number of carboxylic acids is 1. The topological polar surface area (TPSA) is 64.1 Å². The van der Waals surface area contributed by atoms with Crippen LogP contribution in [0.4, 0.5) is 0 Å². The number of piperidine rings is 1. The number of hydrogen-bond acceptors (Lipinski definition) is 4. The highest BCUT2D eigenvalue weighted by molar-refractivity contribution is 5.76. The van der Waals surface area contributed by atoms with E-state index in [1.165, 1.54) is 11.1 Å². The number of carbonyl (C=O) groups is 2. The van der Waals surface area contributed by atoms with Gasteiger partial charge in [0.15, 0.2) is 0 Å². The molecule has 0 saturated carbocycles. The first kappa shape index (κ1) is 21.8. The van der Waals surface area contributed by atoms with Crippen LogP contribution in [0.3, 0.4) is 0 Å². The quantitative estimate of drug-likeness (QED) is 0.759. The molecule has 2 aliphatic rings. The predicted octanol–water partition coefficient (Wildman–Crippen LogP) is 2.26. The third kappa shape index (κ3) is 6.03. The second-order valence-corrected chi connectivity index (χ2v) is 8.65. The van der Waals surface area contributed by atoms with Crippen LogP contribution in [-0.2, 0) is 16.0 Å². The van der Waals surface area contributed by atoms with Crippen LogP contribution in [-0.4, -0.2) is 84.0 Å². The van der Waals surface area contributed by atoms with Crippen molar-refractivity contribution in [2.24, 2.45) is 5.92 Å². The molecule has 160 valence electrons. The van der Waals surface area contributed by atoms with Gasteiger partial charge in [0, 0.05) is 58.2 Å². The Morgan fingerprint density at radius 2 is 1.79 bits per heavy atom. The Morgan fingerprint density at radius 3 is 2.48 bits per heavy atom. The third-order valence-electron chi connectivity index (χ3n) is 6.65. The number of hydrogen-bond donors (Lipinski definition) is 1. The normalized spacial score (nSPS) is 23.9. The second-order valence-electron chi connectivity index (χ2n) is 8.65. The van der Waals surface area contributed by atoms with Crippen LogP contribution < -0.4 is 0 Å². The van der Waals surface area contributed by atoms with Crippen molar-refractivity contribution in [2.75, 3.05) is 46.3 Å². The molecule has 0 aromatic heterocycles. The fourth-order valence-electron chi connectivity index (χ4n) is 4.76. The highest BCUT2D eigenvalue weighted by Gasteiger charge is 2.35. The zero-order valence-electron chi connectivity index (χ0n) is 17.8. The van der Waals surface area contributed by atoms with Crippen molar-refractivity contribution in [3.8, 4) is 0 Å². The molecule has 1 aromatic rings. The molecule has 2 atom stereocenters. The maximum Gasteiger partial charge on any atom is 0.303 e. The summed E-state index contributed by atoms with van der Waals surface area (Å²) < 4.78 is 0. The third-order valence-corrected chi connectivity index (χ3v) is 6.65. The van der Waals surface area contributed by atoms with Crippen molar-refractivity contribution in [1.82, 2.24) is 14.7 Å². The van der Waals surface area contributed by atoms with E-state index in [1.54, 1.807) is 0 Å². The summed E-state index contributed by atoms with van der Waals surface area (Å²) in [4.78, 5) is 30.9. The van der Waals surface area contributed by atoms with E-state index in [-0.39, 0.29) is 18.2 Å². The molecule has 0 radical (unpaired) electrons. The molecule has 0 unspecified atom stereocenters. The highest BCUT2D eigenvalue weighted by atomic mass is 16.4. The number of carbonyl (C=O) groups excluding carboxylic acids is 1. The number of aliphatic carboxylic acids is 1. The van der Waals surface area contributed by atoms with Crippen molar-refractivity contribution in [3.05, 3.63) is 35.4 Å². The van der Waals surface area contributed by atoms with Crippen LogP contribution in [0.15, 0.2) is 24.3 Å². The van der Waals surface area contributed by atoms with Gasteiger partial charge in [0.2, 0.25) is 5.91 Å². The first-order valence-corrected chi connectivity index (χ1v) is 10.9. The molecule has 2 saturated heterocycles. The first-order chi connectivity index (χ1) is 13.9. The summed E-state index contributed by atoms with van der Waals surface area (Å²) in [5.41, 5.74) is 2.46. The highest BCUT2D eigenvalue weighted by Crippen LogP contribution is 2.28. The molecule has 3 rings (SSSR count). The van der Waals surface area contributed by atoms with Crippen molar-refractivity contribution in [3.63, 3.8) is 0 Å². The lowest BCUT2D eigenvalue weighted by molar-refractivity contribution is -0.138. The Bertz CT molecular complexity index is 700. The molecule has 1 amide bonds. The number of amides is 1. The van der Waals surface area contributed by atoms with E-state index in [1.807, 2.05) is 17.0 Å². The fourth-order valence-corrected chi connectivity index (χ4v) is 4.76. The molecule has 2 fully saturated rings. The van der Waals surface area contributed by atoms with Crippen molar-refractivity contribution in [1.29, 1.82) is 0 Å². The van der Waals surface area contributed by atoms with Crippen LogP contribution in [0, 0.1) is 12.8 Å². The molecule has 0 bridgehead atoms. The summed E-state index contributed by atoms with van der Waals surface area (Å²) in [6.07, 6.45) is 3.07. The van der Waals surface area contributed by atoms with Gasteiger partial charge in [-0.25, -0.2) is 0 Å². The van der Waals surface area contributed by atoms with Gasteiger partial charge in [-0.3, -0.25) is 14.5 Å². The average Bonchev–Trinajstić information content (AvgIpc) is 2.72. The molecule has 1 N–H and O–H groups in total. The minimum atomic E-state index is -0.745. The minimum absolute atomic E-state index is 0.181. The van der Waals surface area contributed by atoms with E-state index < -0.39 is 5.97 Å². The number of likely N-dealkylation sites (N-methyl/N-ethyl adjacent to an activating group) is 1. The molecule has 6 heteroatoms. The molecule has 6 nitrogen and oxygen atoms in total. The van der Waals surface area contributed by atoms with E-state index in [9.17, 15) is 14.7 Å². The number of piperazine rings is 1. The predicted molar refractivity (Wildman–Crippen MR) is 114 cm³/mol. The van der Waals surface area contributed by atoms with Crippen molar-refractivity contribution >= 4 is 11.9 Å². The fraction of sp³-hybridized carbons (Fsp3) is 0.652. The minimum Gasteiger partial charge on any atom is -0.481 e. The zero-order valence-corrected chi connectivity index (χ0v) is 17.8. The Hall–Kier alpha value is -1.92. The summed E-state index contributed by atoms with van der Waals surface area (Å²) in [6, 6.07) is 8.62. The van der Waals surface area contributed by atoms with Crippen molar-refractivity contribution in [2.45, 2.75) is 45.1 Å². The number of benzene rings is 1. The molecule has 1 aromatic carbocycles. The van der Waals surface area contributed by atoms with Gasteiger partial charge in [-0.05, 0) is 50.3 Å². The van der Waals surface area contributed by atoms with E-state index in [0.29, 0.717) is 25.4 Å². The molecule has 2 aliphatic heterocycles. The lowest BCUT2D eigenvalue weighted by Gasteiger charge is -2.46. The number of aryl methyl sites for hydroxylation is 2. The Balaban J connectivity index is 1.59. The largest absolute Gasteiger partial charge is 0.481 e. The summed E-state index contributed by atoms with van der Waals surface area (Å²) in [5, 5.41) is 9.19. The Labute approximate surface area is 174 Å². The smallest absolute Gasteiger partial charge is 0.303 e. The second kappa shape index (κ2) is 10.2. The number of nitrogens with zero attached hydrogens (tertiary/aromatic N) is 3. The first-order valence-electron chi connectivity index (χ1n) is 10.9. The molecular weight excluding hydrogens is 366 g/mol. The maximum absolute atomic E-state index is 12.9. The Morgan fingerprint density at radius 1 is 1.07 bits per heavy atom. The van der Waals surface area contributed by atoms with Crippen LogP contribution in [0.25, 0.3) is 0 Å². The lowest BCUT2D eigenvalue weighted by Crippen LogP contribution is -2.57. The van der Waals surface area contributed by atoms with Gasteiger partial charge in [0.1, 0.15) is 0 Å². The lowest BCUT2D eigenvalue weighted by atomic mass is 9.86. The van der Waals surface area contributed by atoms with E-state index in [2.05, 4.69) is 35.9 Å². The van der Waals surface area contributed by atoms with E-state index in [4.69, 9.17) is 0 Å². The monoisotopic (exact) mass is 401 g/mol. The van der Waals surface area contributed by atoms with E-state index >= 15 is 0 Å². The Kier molecular flexibility index (Phi) is 7.67. The molecule has 2 heterocycles. The van der Waals surface area contributed by atoms with Gasteiger partial charge in [-0.1, -0.05) is 24.3 Å². The maximum atomic E-state index is 12.9. The molecular formula is C23H35N3O3. The van der Waals surface area contributed by atoms with E-state index in [0.717, 1.165) is 45.6 Å². The van der Waals surface area contributed by atoms with Gasteiger partial charge < -0.3 is 14.9 Å². The van der Waals surface area contributed by atoms with Gasteiger partial charge >= 0.3 is 5.97 Å². The summed E-state index contributed by atoms with van der Waals surface area (Å²) in [6.45, 7) is 7.74. The molecule has 0 spiro atoms. The summed E-state index contributed by atoms with van der Waals surface area (Å²) in [5.74, 6) is -0.304. The zero-order chi connectivity index (χ0) is 20.8. The number of likely N-dealkylation sites (tertiary alicyclic amines) is 1. The van der Waals surface area contributed by atoms with Crippen LogP contribution in [0.2, 0.25) is 0 Å². The van der Waals surface area contributed by atoms with Gasteiger partial charge in [0.25, 0.3) is 0 Å². The molecule has 29 heavy (non-hydrogen) atoms. The number of carboxylic acid groups (broad SMARTS) is 1. The van der Waals surface area contributed by atoms with Crippen LogP contribution in [0.5, 0.6) is 0 Å². The van der Waals surface area contributed by atoms with Crippen LogP contribution in [0.1, 0.15) is 36.8 Å². The van der Waals surface area contributed by atoms with Crippen LogP contribution >= 0.6 is 0 Å².